The fourth-order valence-corrected chi connectivity index (χ4v) is 2.80. The second-order valence-electron chi connectivity index (χ2n) is 5.77. The molecular formula is C15H25N3. The molecule has 3 nitrogen and oxygen atoms in total. The molecule has 0 radical (unpaired) electrons. The third-order valence-electron chi connectivity index (χ3n) is 3.56. The Bertz CT molecular complexity index is 412. The summed E-state index contributed by atoms with van der Waals surface area (Å²) in [6.07, 6.45) is 4.64. The topological polar surface area (TPSA) is 37.8 Å². The van der Waals surface area contributed by atoms with Gasteiger partial charge in [-0.2, -0.15) is 0 Å². The average molecular weight is 247 g/mol. The van der Waals surface area contributed by atoms with Crippen molar-refractivity contribution in [3.05, 3.63) is 17.1 Å². The van der Waals surface area contributed by atoms with Crippen LogP contribution in [0.15, 0.2) is 0 Å². The van der Waals surface area contributed by atoms with Gasteiger partial charge < -0.3 is 5.32 Å². The Morgan fingerprint density at radius 2 is 1.94 bits per heavy atom. The van der Waals surface area contributed by atoms with Crippen LogP contribution in [0.2, 0.25) is 0 Å². The molecule has 0 aromatic carbocycles. The van der Waals surface area contributed by atoms with Crippen molar-refractivity contribution in [3.63, 3.8) is 0 Å². The Balaban J connectivity index is 2.29. The van der Waals surface area contributed by atoms with Crippen LogP contribution in [-0.4, -0.2) is 16.5 Å². The van der Waals surface area contributed by atoms with E-state index < -0.39 is 0 Å². The first-order valence-corrected chi connectivity index (χ1v) is 7.25. The Labute approximate surface area is 110 Å². The molecule has 18 heavy (non-hydrogen) atoms. The van der Waals surface area contributed by atoms with Gasteiger partial charge in [0.25, 0.3) is 0 Å². The first kappa shape index (κ1) is 13.3. The molecule has 3 heteroatoms. The number of rotatable bonds is 5. The maximum absolute atomic E-state index is 4.80. The van der Waals surface area contributed by atoms with Gasteiger partial charge >= 0.3 is 0 Å². The molecule has 0 saturated carbocycles. The van der Waals surface area contributed by atoms with Crippen LogP contribution in [0.1, 0.15) is 63.5 Å². The van der Waals surface area contributed by atoms with E-state index in [1.165, 1.54) is 17.7 Å². The number of fused-ring (bicyclic) bond motifs is 1. The fourth-order valence-electron chi connectivity index (χ4n) is 2.80. The van der Waals surface area contributed by atoms with Crippen molar-refractivity contribution < 1.29 is 0 Å². The van der Waals surface area contributed by atoms with Crippen molar-refractivity contribution >= 4 is 5.82 Å². The average Bonchev–Trinajstić information content (AvgIpc) is 2.76. The van der Waals surface area contributed by atoms with E-state index in [1.54, 1.807) is 0 Å². The molecule has 1 aliphatic carbocycles. The molecule has 0 fully saturated rings. The number of hydrogen-bond donors (Lipinski definition) is 1. The molecule has 1 N–H and O–H groups in total. The van der Waals surface area contributed by atoms with Gasteiger partial charge in [0, 0.05) is 23.7 Å². The van der Waals surface area contributed by atoms with Gasteiger partial charge in [0.05, 0.1) is 0 Å². The molecule has 1 aromatic heterocycles. The molecule has 1 aliphatic rings. The third-order valence-corrected chi connectivity index (χ3v) is 3.56. The first-order chi connectivity index (χ1) is 8.61. The van der Waals surface area contributed by atoms with Crippen LogP contribution in [0.4, 0.5) is 5.82 Å². The van der Waals surface area contributed by atoms with E-state index in [4.69, 9.17) is 9.97 Å². The van der Waals surface area contributed by atoms with E-state index in [0.717, 1.165) is 37.4 Å². The summed E-state index contributed by atoms with van der Waals surface area (Å²) in [7, 11) is 0. The van der Waals surface area contributed by atoms with Crippen LogP contribution < -0.4 is 5.32 Å². The van der Waals surface area contributed by atoms with Crippen molar-refractivity contribution in [3.8, 4) is 0 Å². The molecule has 2 rings (SSSR count). The lowest BCUT2D eigenvalue weighted by Gasteiger charge is -2.16. The summed E-state index contributed by atoms with van der Waals surface area (Å²) >= 11 is 0. The van der Waals surface area contributed by atoms with E-state index in [9.17, 15) is 0 Å². The molecule has 1 aromatic rings. The zero-order valence-electron chi connectivity index (χ0n) is 12.1. The Morgan fingerprint density at radius 1 is 1.17 bits per heavy atom. The van der Waals surface area contributed by atoms with Gasteiger partial charge in [-0.05, 0) is 38.5 Å². The van der Waals surface area contributed by atoms with E-state index >= 15 is 0 Å². The van der Waals surface area contributed by atoms with Gasteiger partial charge in [-0.3, -0.25) is 0 Å². The maximum atomic E-state index is 4.80. The van der Waals surface area contributed by atoms with Gasteiger partial charge in [0.1, 0.15) is 11.6 Å². The van der Waals surface area contributed by atoms with E-state index in [0.29, 0.717) is 11.8 Å². The van der Waals surface area contributed by atoms with Gasteiger partial charge in [-0.1, -0.05) is 20.8 Å². The number of anilines is 1. The second kappa shape index (κ2) is 5.68. The van der Waals surface area contributed by atoms with Crippen LogP contribution in [-0.2, 0) is 12.8 Å². The van der Waals surface area contributed by atoms with Crippen LogP contribution in [0.25, 0.3) is 0 Å². The van der Waals surface area contributed by atoms with Crippen molar-refractivity contribution in [1.29, 1.82) is 0 Å². The van der Waals surface area contributed by atoms with Crippen molar-refractivity contribution in [2.45, 2.75) is 59.3 Å². The van der Waals surface area contributed by atoms with Gasteiger partial charge in [0.15, 0.2) is 0 Å². The molecule has 1 unspecified atom stereocenters. The highest BCUT2D eigenvalue weighted by Crippen LogP contribution is 2.29. The largest absolute Gasteiger partial charge is 0.370 e. The second-order valence-corrected chi connectivity index (χ2v) is 5.77. The Morgan fingerprint density at radius 3 is 2.61 bits per heavy atom. The minimum absolute atomic E-state index is 0.452. The monoisotopic (exact) mass is 247 g/mol. The summed E-state index contributed by atoms with van der Waals surface area (Å²) < 4.78 is 0. The quantitative estimate of drug-likeness (QED) is 0.864. The first-order valence-electron chi connectivity index (χ1n) is 7.25. The lowest BCUT2D eigenvalue weighted by molar-refractivity contribution is 0.506. The highest BCUT2D eigenvalue weighted by molar-refractivity contribution is 5.49. The van der Waals surface area contributed by atoms with Crippen molar-refractivity contribution in [2.24, 2.45) is 5.92 Å². The number of aryl methyl sites for hydroxylation is 1. The number of aromatic nitrogens is 2. The van der Waals surface area contributed by atoms with Crippen molar-refractivity contribution in [2.75, 3.05) is 11.9 Å². The number of nitrogens with zero attached hydrogens (tertiary/aromatic N) is 2. The summed E-state index contributed by atoms with van der Waals surface area (Å²) in [5.74, 6) is 3.26. The van der Waals surface area contributed by atoms with E-state index in [1.807, 2.05) is 0 Å². The van der Waals surface area contributed by atoms with Gasteiger partial charge in [-0.15, -0.1) is 0 Å². The summed E-state index contributed by atoms with van der Waals surface area (Å²) in [6, 6.07) is 0. The Hall–Kier alpha value is -1.12. The van der Waals surface area contributed by atoms with Crippen LogP contribution in [0.5, 0.6) is 0 Å². The predicted octanol–water partition coefficient (Wildman–Crippen LogP) is 3.55. The third kappa shape index (κ3) is 2.82. The zero-order chi connectivity index (χ0) is 13.1. The van der Waals surface area contributed by atoms with Crippen molar-refractivity contribution in [1.82, 2.24) is 9.97 Å². The van der Waals surface area contributed by atoms with Gasteiger partial charge in [-0.25, -0.2) is 9.97 Å². The standard InChI is InChI=1S/C15H25N3/c1-5-16-15-12-7-6-8-13(12)17-14(18-15)11(4)9-10(2)3/h10-11H,5-9H2,1-4H3,(H,16,17,18). The molecular weight excluding hydrogens is 222 g/mol. The predicted molar refractivity (Wildman–Crippen MR) is 76.1 cm³/mol. The number of nitrogens with one attached hydrogen (secondary N) is 1. The SMILES string of the molecule is CCNc1nc(C(C)CC(C)C)nc2c1CCC2. The lowest BCUT2D eigenvalue weighted by Crippen LogP contribution is -2.11. The zero-order valence-corrected chi connectivity index (χ0v) is 12.1. The number of hydrogen-bond acceptors (Lipinski definition) is 3. The smallest absolute Gasteiger partial charge is 0.133 e. The van der Waals surface area contributed by atoms with Crippen LogP contribution >= 0.6 is 0 Å². The maximum Gasteiger partial charge on any atom is 0.133 e. The molecule has 1 atom stereocenters. The highest BCUT2D eigenvalue weighted by Gasteiger charge is 2.21. The van der Waals surface area contributed by atoms with Gasteiger partial charge in [0.2, 0.25) is 0 Å². The lowest BCUT2D eigenvalue weighted by atomic mass is 9.98. The van der Waals surface area contributed by atoms with Crippen LogP contribution in [0.3, 0.4) is 0 Å². The molecule has 0 amide bonds. The van der Waals surface area contributed by atoms with E-state index in [2.05, 4.69) is 33.0 Å². The molecule has 0 saturated heterocycles. The normalized spacial score (nSPS) is 15.8. The summed E-state index contributed by atoms with van der Waals surface area (Å²) in [5.41, 5.74) is 2.64. The molecule has 0 bridgehead atoms. The Kier molecular flexibility index (Phi) is 4.20. The van der Waals surface area contributed by atoms with E-state index in [-0.39, 0.29) is 0 Å². The fraction of sp³-hybridized carbons (Fsp3) is 0.733. The molecule has 0 spiro atoms. The summed E-state index contributed by atoms with van der Waals surface area (Å²) in [4.78, 5) is 9.56. The summed E-state index contributed by atoms with van der Waals surface area (Å²) in [6.45, 7) is 9.82. The van der Waals surface area contributed by atoms with Crippen LogP contribution in [0, 0.1) is 5.92 Å². The summed E-state index contributed by atoms with van der Waals surface area (Å²) in [5, 5.41) is 3.41. The molecule has 1 heterocycles. The molecule has 0 aliphatic heterocycles. The minimum Gasteiger partial charge on any atom is -0.370 e. The molecule has 100 valence electrons. The highest BCUT2D eigenvalue weighted by atomic mass is 15.0. The minimum atomic E-state index is 0.452.